The predicted molar refractivity (Wildman–Crippen MR) is 112 cm³/mol. The number of carbonyl (C=O) groups is 1. The van der Waals surface area contributed by atoms with E-state index in [9.17, 15) is 4.79 Å². The van der Waals surface area contributed by atoms with Crippen molar-refractivity contribution >= 4 is 5.97 Å². The second-order valence-electron chi connectivity index (χ2n) is 6.87. The minimum Gasteiger partial charge on any atom is -0.490 e. The molecule has 0 radical (unpaired) electrons. The highest BCUT2D eigenvalue weighted by Crippen LogP contribution is 2.41. The van der Waals surface area contributed by atoms with Gasteiger partial charge in [-0.3, -0.25) is 0 Å². The molecule has 0 bridgehead atoms. The summed E-state index contributed by atoms with van der Waals surface area (Å²) in [4.78, 5) is 11.1. The Bertz CT molecular complexity index is 1050. The van der Waals surface area contributed by atoms with Crippen LogP contribution in [-0.2, 0) is 16.0 Å². The minimum atomic E-state index is -0.436. The maximum absolute atomic E-state index is 11.1. The van der Waals surface area contributed by atoms with Crippen LogP contribution in [0.5, 0.6) is 5.75 Å². The summed E-state index contributed by atoms with van der Waals surface area (Å²) in [7, 11) is 0. The molecule has 0 amide bonds. The van der Waals surface area contributed by atoms with Crippen molar-refractivity contribution in [2.24, 2.45) is 0 Å². The fourth-order valence-electron chi connectivity index (χ4n) is 3.76. The smallest absolute Gasteiger partial charge is 0.330 e. The molecule has 0 spiro atoms. The molecule has 0 heterocycles. The third-order valence-corrected chi connectivity index (χ3v) is 5.09. The fourth-order valence-corrected chi connectivity index (χ4v) is 3.76. The molecule has 0 fully saturated rings. The first-order valence-electron chi connectivity index (χ1n) is 9.40. The van der Waals surface area contributed by atoms with Crippen LogP contribution in [0, 0.1) is 6.92 Å². The molecule has 0 aromatic heterocycles. The highest BCUT2D eigenvalue weighted by atomic mass is 16.6. The summed E-state index contributed by atoms with van der Waals surface area (Å²) in [6.45, 7) is 5.93. The van der Waals surface area contributed by atoms with Gasteiger partial charge < -0.3 is 9.47 Å². The highest BCUT2D eigenvalue weighted by Gasteiger charge is 2.21. The van der Waals surface area contributed by atoms with Gasteiger partial charge in [-0.05, 0) is 64.4 Å². The van der Waals surface area contributed by atoms with Gasteiger partial charge in [0, 0.05) is 6.08 Å². The standard InChI is InChI=1S/C25H22O3/c1-3-25(26)28-14-13-27-24-12-11-19(15-17(24)2)21-9-6-10-22-20-8-5-4-7-18(20)16-23(21)22/h3-12,15H,1,13-14,16H2,2H3. The molecule has 0 unspecified atom stereocenters. The van der Waals surface area contributed by atoms with Crippen LogP contribution in [0.4, 0.5) is 0 Å². The zero-order valence-electron chi connectivity index (χ0n) is 15.9. The molecule has 3 heteroatoms. The number of rotatable bonds is 6. The van der Waals surface area contributed by atoms with E-state index >= 15 is 0 Å². The monoisotopic (exact) mass is 370 g/mol. The molecule has 0 saturated heterocycles. The quantitative estimate of drug-likeness (QED) is 0.261. The van der Waals surface area contributed by atoms with Crippen molar-refractivity contribution < 1.29 is 14.3 Å². The molecule has 0 saturated carbocycles. The van der Waals surface area contributed by atoms with Gasteiger partial charge in [0.25, 0.3) is 0 Å². The Hall–Kier alpha value is -3.33. The molecule has 0 N–H and O–H groups in total. The molecule has 1 aliphatic carbocycles. The normalized spacial score (nSPS) is 11.5. The van der Waals surface area contributed by atoms with Gasteiger partial charge >= 0.3 is 5.97 Å². The average molecular weight is 370 g/mol. The summed E-state index contributed by atoms with van der Waals surface area (Å²) in [6, 6.07) is 21.4. The highest BCUT2D eigenvalue weighted by molar-refractivity contribution is 5.85. The van der Waals surface area contributed by atoms with Crippen LogP contribution in [0.25, 0.3) is 22.3 Å². The van der Waals surface area contributed by atoms with Crippen LogP contribution in [0.15, 0.2) is 73.3 Å². The summed E-state index contributed by atoms with van der Waals surface area (Å²) >= 11 is 0. The van der Waals surface area contributed by atoms with E-state index < -0.39 is 5.97 Å². The number of hydrogen-bond acceptors (Lipinski definition) is 3. The number of carbonyl (C=O) groups excluding carboxylic acids is 1. The Morgan fingerprint density at radius 2 is 1.79 bits per heavy atom. The molecular formula is C25H22O3. The molecule has 3 aromatic carbocycles. The molecule has 1 aliphatic rings. The minimum absolute atomic E-state index is 0.205. The van der Waals surface area contributed by atoms with Crippen LogP contribution in [-0.4, -0.2) is 19.2 Å². The lowest BCUT2D eigenvalue weighted by molar-refractivity contribution is -0.138. The molecule has 3 aromatic rings. The lowest BCUT2D eigenvalue weighted by Crippen LogP contribution is -2.10. The van der Waals surface area contributed by atoms with Crippen molar-refractivity contribution in [3.63, 3.8) is 0 Å². The van der Waals surface area contributed by atoms with E-state index in [0.29, 0.717) is 6.61 Å². The number of ether oxygens (including phenoxy) is 2. The number of benzene rings is 3. The molecule has 0 aliphatic heterocycles. The Kier molecular flexibility index (Phi) is 4.98. The van der Waals surface area contributed by atoms with Gasteiger partial charge in [-0.25, -0.2) is 4.79 Å². The van der Waals surface area contributed by atoms with Crippen molar-refractivity contribution in [2.45, 2.75) is 13.3 Å². The lowest BCUT2D eigenvalue weighted by Gasteiger charge is -2.13. The zero-order valence-corrected chi connectivity index (χ0v) is 15.9. The van der Waals surface area contributed by atoms with Crippen LogP contribution in [0.2, 0.25) is 0 Å². The fraction of sp³-hybridized carbons (Fsp3) is 0.160. The van der Waals surface area contributed by atoms with Gasteiger partial charge in [-0.1, -0.05) is 55.1 Å². The van der Waals surface area contributed by atoms with Gasteiger partial charge in [0.1, 0.15) is 19.0 Å². The first-order valence-corrected chi connectivity index (χ1v) is 9.40. The third kappa shape index (κ3) is 3.44. The van der Waals surface area contributed by atoms with Gasteiger partial charge in [-0.2, -0.15) is 0 Å². The first kappa shape index (κ1) is 18.1. The summed E-state index contributed by atoms with van der Waals surface area (Å²) in [6.07, 6.45) is 2.12. The topological polar surface area (TPSA) is 35.5 Å². The Morgan fingerprint density at radius 1 is 1.00 bits per heavy atom. The van der Waals surface area contributed by atoms with E-state index in [1.54, 1.807) is 0 Å². The number of fused-ring (bicyclic) bond motifs is 3. The zero-order chi connectivity index (χ0) is 19.5. The summed E-state index contributed by atoms with van der Waals surface area (Å²) < 4.78 is 10.7. The number of hydrogen-bond donors (Lipinski definition) is 0. The summed E-state index contributed by atoms with van der Waals surface area (Å²) in [5.74, 6) is 0.365. The van der Waals surface area contributed by atoms with Crippen LogP contribution in [0.3, 0.4) is 0 Å². The Balaban J connectivity index is 1.54. The van der Waals surface area contributed by atoms with Crippen LogP contribution in [0.1, 0.15) is 16.7 Å². The van der Waals surface area contributed by atoms with Crippen molar-refractivity contribution in [2.75, 3.05) is 13.2 Å². The van der Waals surface area contributed by atoms with E-state index in [0.717, 1.165) is 23.8 Å². The molecule has 4 rings (SSSR count). The number of aryl methyl sites for hydroxylation is 1. The van der Waals surface area contributed by atoms with Crippen LogP contribution < -0.4 is 4.74 Å². The van der Waals surface area contributed by atoms with Gasteiger partial charge in [0.15, 0.2) is 0 Å². The summed E-state index contributed by atoms with van der Waals surface area (Å²) in [5.41, 5.74) is 8.94. The molecule has 3 nitrogen and oxygen atoms in total. The lowest BCUT2D eigenvalue weighted by atomic mass is 9.94. The van der Waals surface area contributed by atoms with Gasteiger partial charge in [-0.15, -0.1) is 0 Å². The molecule has 0 atom stereocenters. The van der Waals surface area contributed by atoms with Crippen LogP contribution >= 0.6 is 0 Å². The van der Waals surface area contributed by atoms with Crippen molar-refractivity contribution in [3.8, 4) is 28.0 Å². The maximum atomic E-state index is 11.1. The van der Waals surface area contributed by atoms with Crippen molar-refractivity contribution in [1.82, 2.24) is 0 Å². The maximum Gasteiger partial charge on any atom is 0.330 e. The van der Waals surface area contributed by atoms with Crippen molar-refractivity contribution in [3.05, 3.63) is 90.0 Å². The van der Waals surface area contributed by atoms with Gasteiger partial charge in [0.05, 0.1) is 0 Å². The second kappa shape index (κ2) is 7.73. The molecule has 28 heavy (non-hydrogen) atoms. The predicted octanol–water partition coefficient (Wildman–Crippen LogP) is 5.34. The average Bonchev–Trinajstić information content (AvgIpc) is 3.10. The largest absolute Gasteiger partial charge is 0.490 e. The molecule has 140 valence electrons. The van der Waals surface area contributed by atoms with Gasteiger partial charge in [0.2, 0.25) is 0 Å². The third-order valence-electron chi connectivity index (χ3n) is 5.09. The van der Waals surface area contributed by atoms with E-state index in [2.05, 4.69) is 61.2 Å². The van der Waals surface area contributed by atoms with E-state index in [-0.39, 0.29) is 6.61 Å². The first-order chi connectivity index (χ1) is 13.7. The SMILES string of the molecule is C=CC(=O)OCCOc1ccc(-c2cccc3c2Cc2ccccc2-3)cc1C. The number of esters is 1. The Morgan fingerprint density at radius 3 is 2.61 bits per heavy atom. The Labute approximate surface area is 165 Å². The van der Waals surface area contributed by atoms with E-state index in [1.165, 1.54) is 33.4 Å². The van der Waals surface area contributed by atoms with Crippen molar-refractivity contribution in [1.29, 1.82) is 0 Å². The van der Waals surface area contributed by atoms with E-state index in [1.807, 2.05) is 13.0 Å². The second-order valence-corrected chi connectivity index (χ2v) is 6.87. The summed E-state index contributed by atoms with van der Waals surface area (Å²) in [5, 5.41) is 0. The van der Waals surface area contributed by atoms with E-state index in [4.69, 9.17) is 9.47 Å². The molecular weight excluding hydrogens is 348 g/mol.